The van der Waals surface area contributed by atoms with E-state index in [1.54, 1.807) is 11.3 Å². The highest BCUT2D eigenvalue weighted by Gasteiger charge is 2.43. The second-order valence-electron chi connectivity index (χ2n) is 4.46. The monoisotopic (exact) mass is 251 g/mol. The van der Waals surface area contributed by atoms with Gasteiger partial charge in [0.1, 0.15) is 6.10 Å². The number of hydrogen-bond acceptors (Lipinski definition) is 4. The molecule has 1 fully saturated rings. The van der Waals surface area contributed by atoms with Crippen molar-refractivity contribution in [3.05, 3.63) is 21.9 Å². The number of amides is 1. The predicted octanol–water partition coefficient (Wildman–Crippen LogP) is 1.86. The third-order valence-electron chi connectivity index (χ3n) is 3.42. The third kappa shape index (κ3) is 1.65. The molecule has 1 saturated heterocycles. The summed E-state index contributed by atoms with van der Waals surface area (Å²) >= 11 is 1.62. The Labute approximate surface area is 103 Å². The van der Waals surface area contributed by atoms with E-state index in [-0.39, 0.29) is 24.0 Å². The van der Waals surface area contributed by atoms with Crippen molar-refractivity contribution < 1.29 is 14.3 Å². The molecule has 0 aliphatic carbocycles. The maximum absolute atomic E-state index is 11.8. The van der Waals surface area contributed by atoms with Crippen LogP contribution < -0.4 is 0 Å². The van der Waals surface area contributed by atoms with Gasteiger partial charge < -0.3 is 9.64 Å². The fraction of sp³-hybridized carbons (Fsp3) is 0.500. The summed E-state index contributed by atoms with van der Waals surface area (Å²) in [6.45, 7) is 2.09. The zero-order valence-corrected chi connectivity index (χ0v) is 10.3. The molecule has 1 aromatic rings. The van der Waals surface area contributed by atoms with Gasteiger partial charge in [0.25, 0.3) is 0 Å². The number of rotatable bonds is 1. The number of carbonyl (C=O) groups excluding carboxylic acids is 2. The maximum Gasteiger partial charge on any atom is 0.303 e. The van der Waals surface area contributed by atoms with E-state index in [9.17, 15) is 9.59 Å². The minimum Gasteiger partial charge on any atom is -0.455 e. The third-order valence-corrected chi connectivity index (χ3v) is 4.34. The molecule has 2 aliphatic heterocycles. The van der Waals surface area contributed by atoms with Crippen molar-refractivity contribution in [1.29, 1.82) is 0 Å². The molecule has 3 heterocycles. The quantitative estimate of drug-likeness (QED) is 0.716. The average molecular weight is 251 g/mol. The molecule has 2 atom stereocenters. The summed E-state index contributed by atoms with van der Waals surface area (Å²) in [6.07, 6.45) is 1.08. The van der Waals surface area contributed by atoms with Crippen LogP contribution in [0.3, 0.4) is 0 Å². The van der Waals surface area contributed by atoms with E-state index >= 15 is 0 Å². The van der Waals surface area contributed by atoms with E-state index in [1.165, 1.54) is 6.92 Å². The molecule has 4 nitrogen and oxygen atoms in total. The zero-order chi connectivity index (χ0) is 12.0. The number of esters is 1. The first-order valence-electron chi connectivity index (χ1n) is 5.70. The molecular weight excluding hydrogens is 238 g/mol. The highest BCUT2D eigenvalue weighted by Crippen LogP contribution is 2.41. The number of thiophene rings is 1. The molecule has 1 amide bonds. The number of carbonyl (C=O) groups is 2. The van der Waals surface area contributed by atoms with Gasteiger partial charge in [-0.3, -0.25) is 9.59 Å². The van der Waals surface area contributed by atoms with Gasteiger partial charge in [0, 0.05) is 23.8 Å². The van der Waals surface area contributed by atoms with E-state index in [4.69, 9.17) is 4.74 Å². The van der Waals surface area contributed by atoms with Crippen LogP contribution in [0.25, 0.3) is 0 Å². The van der Waals surface area contributed by atoms with Gasteiger partial charge in [0.2, 0.25) is 5.91 Å². The summed E-state index contributed by atoms with van der Waals surface area (Å²) in [6, 6.07) is 2.04. The Balaban J connectivity index is 1.99. The first kappa shape index (κ1) is 10.8. The van der Waals surface area contributed by atoms with Crippen molar-refractivity contribution in [1.82, 2.24) is 4.90 Å². The van der Waals surface area contributed by atoms with E-state index in [0.717, 1.165) is 16.9 Å². The Bertz CT molecular complexity index is 482. The Morgan fingerprint density at radius 1 is 1.59 bits per heavy atom. The van der Waals surface area contributed by atoms with Crippen LogP contribution in [-0.4, -0.2) is 22.8 Å². The lowest BCUT2D eigenvalue weighted by Gasteiger charge is -2.35. The molecule has 0 unspecified atom stereocenters. The molecule has 0 aromatic carbocycles. The molecule has 1 aromatic heterocycles. The van der Waals surface area contributed by atoms with E-state index in [2.05, 4.69) is 0 Å². The number of fused-ring (bicyclic) bond motifs is 2. The molecule has 90 valence electrons. The van der Waals surface area contributed by atoms with E-state index < -0.39 is 0 Å². The second-order valence-corrected chi connectivity index (χ2v) is 5.46. The maximum atomic E-state index is 11.8. The summed E-state index contributed by atoms with van der Waals surface area (Å²) in [5, 5.41) is 1.99. The first-order valence-corrected chi connectivity index (χ1v) is 6.57. The van der Waals surface area contributed by atoms with Crippen LogP contribution in [-0.2, 0) is 20.9 Å². The summed E-state index contributed by atoms with van der Waals surface area (Å²) in [4.78, 5) is 25.9. The Kier molecular flexibility index (Phi) is 2.43. The predicted molar refractivity (Wildman–Crippen MR) is 62.4 cm³/mol. The minimum absolute atomic E-state index is 0.0356. The normalized spacial score (nSPS) is 26.6. The van der Waals surface area contributed by atoms with Crippen molar-refractivity contribution in [3.8, 4) is 0 Å². The molecule has 17 heavy (non-hydrogen) atoms. The summed E-state index contributed by atoms with van der Waals surface area (Å²) < 4.78 is 5.41. The molecule has 0 N–H and O–H groups in total. The van der Waals surface area contributed by atoms with Crippen molar-refractivity contribution in [2.45, 2.75) is 38.5 Å². The fourth-order valence-corrected chi connectivity index (χ4v) is 3.60. The van der Waals surface area contributed by atoms with Crippen molar-refractivity contribution in [2.75, 3.05) is 0 Å². The zero-order valence-electron chi connectivity index (χ0n) is 9.51. The van der Waals surface area contributed by atoms with E-state index in [1.807, 2.05) is 16.3 Å². The summed E-state index contributed by atoms with van der Waals surface area (Å²) in [5.41, 5.74) is 1.08. The largest absolute Gasteiger partial charge is 0.455 e. The van der Waals surface area contributed by atoms with Crippen LogP contribution in [0.5, 0.6) is 0 Å². The van der Waals surface area contributed by atoms with Crippen molar-refractivity contribution >= 4 is 23.2 Å². The lowest BCUT2D eigenvalue weighted by molar-refractivity contribution is -0.153. The van der Waals surface area contributed by atoms with Gasteiger partial charge >= 0.3 is 5.97 Å². The highest BCUT2D eigenvalue weighted by molar-refractivity contribution is 7.10. The van der Waals surface area contributed by atoms with Crippen LogP contribution in [0.1, 0.15) is 36.3 Å². The SMILES string of the molecule is CC(=O)O[C@@H]1c2ccsc2CN2C(=O)CC[C@@H]12. The Morgan fingerprint density at radius 2 is 2.41 bits per heavy atom. The number of ether oxygens (including phenoxy) is 1. The smallest absolute Gasteiger partial charge is 0.303 e. The lowest BCUT2D eigenvalue weighted by atomic mass is 9.97. The summed E-state index contributed by atoms with van der Waals surface area (Å²) in [7, 11) is 0. The van der Waals surface area contributed by atoms with Crippen molar-refractivity contribution in [3.63, 3.8) is 0 Å². The Hall–Kier alpha value is -1.36. The topological polar surface area (TPSA) is 46.6 Å². The molecule has 0 spiro atoms. The average Bonchev–Trinajstić information content (AvgIpc) is 2.86. The lowest BCUT2D eigenvalue weighted by Crippen LogP contribution is -2.41. The molecular formula is C12H13NO3S. The standard InChI is InChI=1S/C12H13NO3S/c1-7(14)16-12-8-4-5-17-10(8)6-13-9(12)2-3-11(13)15/h4-5,9,12H,2-3,6H2,1H3/t9-,12+/m0/s1. The van der Waals surface area contributed by atoms with Gasteiger partial charge in [-0.25, -0.2) is 0 Å². The Morgan fingerprint density at radius 3 is 3.18 bits per heavy atom. The summed E-state index contributed by atoms with van der Waals surface area (Å²) in [5.74, 6) is -0.112. The minimum atomic E-state index is -0.284. The molecule has 0 radical (unpaired) electrons. The van der Waals surface area contributed by atoms with Gasteiger partial charge in [0.15, 0.2) is 0 Å². The molecule has 0 bridgehead atoms. The van der Waals surface area contributed by atoms with Crippen LogP contribution >= 0.6 is 11.3 Å². The first-order chi connectivity index (χ1) is 8.16. The van der Waals surface area contributed by atoms with Gasteiger partial charge in [-0.1, -0.05) is 0 Å². The van der Waals surface area contributed by atoms with Crippen molar-refractivity contribution in [2.24, 2.45) is 0 Å². The molecule has 5 heteroatoms. The molecule has 3 rings (SSSR count). The van der Waals surface area contributed by atoms with Gasteiger partial charge in [-0.2, -0.15) is 0 Å². The highest BCUT2D eigenvalue weighted by atomic mass is 32.1. The van der Waals surface area contributed by atoms with Crippen LogP contribution in [0.2, 0.25) is 0 Å². The number of hydrogen-bond donors (Lipinski definition) is 0. The van der Waals surface area contributed by atoms with Gasteiger partial charge in [-0.05, 0) is 17.9 Å². The fourth-order valence-electron chi connectivity index (χ4n) is 2.69. The van der Waals surface area contributed by atoms with Gasteiger partial charge in [-0.15, -0.1) is 11.3 Å². The van der Waals surface area contributed by atoms with Crippen LogP contribution in [0.15, 0.2) is 11.4 Å². The van der Waals surface area contributed by atoms with E-state index in [0.29, 0.717) is 13.0 Å². The second kappa shape index (κ2) is 3.84. The van der Waals surface area contributed by atoms with Crippen LogP contribution in [0, 0.1) is 0 Å². The molecule has 2 aliphatic rings. The van der Waals surface area contributed by atoms with Gasteiger partial charge in [0.05, 0.1) is 12.6 Å². The number of nitrogens with zero attached hydrogens (tertiary/aromatic N) is 1. The molecule has 0 saturated carbocycles. The van der Waals surface area contributed by atoms with Crippen LogP contribution in [0.4, 0.5) is 0 Å².